The number of nitrogens with zero attached hydrogens (tertiary/aromatic N) is 1. The number of anilines is 1. The highest BCUT2D eigenvalue weighted by atomic mass is 35.5. The lowest BCUT2D eigenvalue weighted by Gasteiger charge is -2.32. The fourth-order valence-electron chi connectivity index (χ4n) is 3.43. The molecule has 0 aromatic heterocycles. The molecule has 1 atom stereocenters. The fourth-order valence-corrected chi connectivity index (χ4v) is 3.43. The molecule has 146 valence electrons. The molecule has 5 heteroatoms. The third-order valence-electron chi connectivity index (χ3n) is 4.63. The van der Waals surface area contributed by atoms with E-state index in [1.165, 1.54) is 5.56 Å². The molecule has 0 saturated carbocycles. The summed E-state index contributed by atoms with van der Waals surface area (Å²) in [5.41, 5.74) is 8.79. The van der Waals surface area contributed by atoms with Crippen LogP contribution in [0.2, 0.25) is 0 Å². The van der Waals surface area contributed by atoms with Gasteiger partial charge in [-0.1, -0.05) is 30.3 Å². The molecule has 0 spiro atoms. The van der Waals surface area contributed by atoms with Gasteiger partial charge in [-0.15, -0.1) is 24.8 Å². The van der Waals surface area contributed by atoms with Crippen LogP contribution in [0.3, 0.4) is 0 Å². The van der Waals surface area contributed by atoms with Gasteiger partial charge < -0.3 is 10.8 Å². The second-order valence-corrected chi connectivity index (χ2v) is 7.00. The Hall–Kier alpha value is -1.42. The Morgan fingerprint density at radius 1 is 0.923 bits per heavy atom. The Bertz CT molecular complexity index is 640. The summed E-state index contributed by atoms with van der Waals surface area (Å²) < 4.78 is 0. The molecule has 2 rings (SSSR count). The molecule has 3 N–H and O–H groups in total. The predicted octanol–water partition coefficient (Wildman–Crippen LogP) is 5.46. The molecule has 2 aromatic carbocycles. The van der Waals surface area contributed by atoms with Crippen molar-refractivity contribution in [2.24, 2.45) is 0 Å². The predicted molar refractivity (Wildman–Crippen MR) is 117 cm³/mol. The summed E-state index contributed by atoms with van der Waals surface area (Å²) in [4.78, 5) is 2.49. The molecule has 3 nitrogen and oxygen atoms in total. The monoisotopic (exact) mass is 398 g/mol. The molecule has 2 aromatic rings. The maximum atomic E-state index is 10.4. The van der Waals surface area contributed by atoms with E-state index < -0.39 is 0 Å². The summed E-state index contributed by atoms with van der Waals surface area (Å²) in [5.74, 6) is 0.452. The normalized spacial score (nSPS) is 12.0. The van der Waals surface area contributed by atoms with E-state index in [0.717, 1.165) is 18.5 Å². The minimum absolute atomic E-state index is 0. The molecule has 0 unspecified atom stereocenters. The number of rotatable bonds is 7. The van der Waals surface area contributed by atoms with E-state index in [4.69, 9.17) is 5.73 Å². The van der Waals surface area contributed by atoms with Crippen LogP contribution in [0.15, 0.2) is 48.5 Å². The highest BCUT2D eigenvalue weighted by Gasteiger charge is 2.21. The largest absolute Gasteiger partial charge is 0.508 e. The third-order valence-corrected chi connectivity index (χ3v) is 4.63. The Morgan fingerprint density at radius 2 is 1.50 bits per heavy atom. The molecule has 0 radical (unpaired) electrons. The first-order valence-corrected chi connectivity index (χ1v) is 8.79. The van der Waals surface area contributed by atoms with Crippen molar-refractivity contribution in [3.05, 3.63) is 59.7 Å². The zero-order valence-corrected chi connectivity index (χ0v) is 17.7. The zero-order chi connectivity index (χ0) is 17.7. The van der Waals surface area contributed by atoms with Crippen LogP contribution in [0.25, 0.3) is 0 Å². The lowest BCUT2D eigenvalue weighted by atomic mass is 9.87. The molecule has 0 amide bonds. The molecule has 0 saturated heterocycles. The van der Waals surface area contributed by atoms with E-state index in [9.17, 15) is 5.11 Å². The molecule has 0 aliphatic carbocycles. The lowest BCUT2D eigenvalue weighted by Crippen LogP contribution is -2.38. The van der Waals surface area contributed by atoms with Gasteiger partial charge in [-0.3, -0.25) is 4.90 Å². The molecule has 0 bridgehead atoms. The highest BCUT2D eigenvalue weighted by Crippen LogP contribution is 2.35. The van der Waals surface area contributed by atoms with Crippen LogP contribution >= 0.6 is 24.8 Å². The number of phenols is 1. The van der Waals surface area contributed by atoms with Crippen molar-refractivity contribution in [3.8, 4) is 5.75 Å². The Balaban J connectivity index is 0.00000312. The first-order chi connectivity index (χ1) is 11.4. The molecule has 0 heterocycles. The van der Waals surface area contributed by atoms with Crippen molar-refractivity contribution >= 4 is 30.5 Å². The van der Waals surface area contributed by atoms with Gasteiger partial charge in [0.2, 0.25) is 0 Å². The van der Waals surface area contributed by atoms with Gasteiger partial charge in [0.1, 0.15) is 5.75 Å². The lowest BCUT2D eigenvalue weighted by molar-refractivity contribution is 0.170. The zero-order valence-electron chi connectivity index (χ0n) is 16.1. The van der Waals surface area contributed by atoms with Crippen LogP contribution in [0, 0.1) is 0 Å². The number of hydrogen-bond donors (Lipinski definition) is 2. The number of phenolic OH excluding ortho intramolecular Hbond substituents is 1. The van der Waals surface area contributed by atoms with Crippen LogP contribution in [0.5, 0.6) is 5.75 Å². The standard InChI is InChI=1S/C21H30N2O.2ClH/c1-15(2)23(16(3)4)13-12-19(17-8-6-5-7-9-17)20-14-18(22)10-11-21(20)24;;/h5-11,14-16,19,24H,12-13,22H2,1-4H3;2*1H/t19-;;/m1../s1. The van der Waals surface area contributed by atoms with E-state index >= 15 is 0 Å². The smallest absolute Gasteiger partial charge is 0.119 e. The summed E-state index contributed by atoms with van der Waals surface area (Å²) >= 11 is 0. The van der Waals surface area contributed by atoms with Gasteiger partial charge in [-0.25, -0.2) is 0 Å². The Morgan fingerprint density at radius 3 is 2.04 bits per heavy atom. The number of aromatic hydroxyl groups is 1. The van der Waals surface area contributed by atoms with Crippen molar-refractivity contribution < 1.29 is 5.11 Å². The minimum atomic E-state index is 0. The van der Waals surface area contributed by atoms with Crippen molar-refractivity contribution in [1.82, 2.24) is 4.90 Å². The molecule has 0 fully saturated rings. The highest BCUT2D eigenvalue weighted by molar-refractivity contribution is 5.85. The van der Waals surface area contributed by atoms with E-state index in [1.807, 2.05) is 24.3 Å². The number of nitrogen functional groups attached to an aromatic ring is 1. The average Bonchev–Trinajstić information content (AvgIpc) is 2.54. The minimum Gasteiger partial charge on any atom is -0.508 e. The summed E-state index contributed by atoms with van der Waals surface area (Å²) in [6, 6.07) is 16.7. The van der Waals surface area contributed by atoms with Crippen molar-refractivity contribution in [3.63, 3.8) is 0 Å². The van der Waals surface area contributed by atoms with Gasteiger partial charge in [0.15, 0.2) is 0 Å². The maximum Gasteiger partial charge on any atom is 0.119 e. The Labute approximate surface area is 170 Å². The maximum absolute atomic E-state index is 10.4. The number of nitrogens with two attached hydrogens (primary N) is 1. The quantitative estimate of drug-likeness (QED) is 0.480. The number of hydrogen-bond acceptors (Lipinski definition) is 3. The number of benzene rings is 2. The third kappa shape index (κ3) is 6.39. The van der Waals surface area contributed by atoms with Crippen molar-refractivity contribution in [2.75, 3.05) is 12.3 Å². The van der Waals surface area contributed by atoms with E-state index in [2.05, 4.69) is 44.7 Å². The summed E-state index contributed by atoms with van der Waals surface area (Å²) in [7, 11) is 0. The summed E-state index contributed by atoms with van der Waals surface area (Å²) in [5, 5.41) is 10.4. The SMILES string of the molecule is CC(C)N(CC[C@H](c1ccccc1)c1cc(N)ccc1O)C(C)C.Cl.Cl. The molecule has 0 aliphatic heterocycles. The van der Waals surface area contributed by atoms with Gasteiger partial charge in [0.25, 0.3) is 0 Å². The van der Waals surface area contributed by atoms with Gasteiger partial charge in [-0.2, -0.15) is 0 Å². The first kappa shape index (κ1) is 24.6. The van der Waals surface area contributed by atoms with Crippen molar-refractivity contribution in [1.29, 1.82) is 0 Å². The number of halogens is 2. The average molecular weight is 399 g/mol. The van der Waals surface area contributed by atoms with Crippen LogP contribution in [0.4, 0.5) is 5.69 Å². The van der Waals surface area contributed by atoms with Gasteiger partial charge in [0, 0.05) is 29.3 Å². The Kier molecular flexibility index (Phi) is 10.7. The second-order valence-electron chi connectivity index (χ2n) is 7.00. The molecule has 0 aliphatic rings. The van der Waals surface area contributed by atoms with Gasteiger partial charge in [0.05, 0.1) is 0 Å². The first-order valence-electron chi connectivity index (χ1n) is 8.79. The van der Waals surface area contributed by atoms with Crippen LogP contribution < -0.4 is 5.73 Å². The summed E-state index contributed by atoms with van der Waals surface area (Å²) in [6.45, 7) is 9.90. The van der Waals surface area contributed by atoms with E-state index in [1.54, 1.807) is 12.1 Å². The van der Waals surface area contributed by atoms with Crippen LogP contribution in [0.1, 0.15) is 51.2 Å². The van der Waals surface area contributed by atoms with Crippen LogP contribution in [-0.2, 0) is 0 Å². The van der Waals surface area contributed by atoms with Crippen molar-refractivity contribution in [2.45, 2.75) is 52.1 Å². The fraction of sp³-hybridized carbons (Fsp3) is 0.429. The van der Waals surface area contributed by atoms with Gasteiger partial charge >= 0.3 is 0 Å². The summed E-state index contributed by atoms with van der Waals surface area (Å²) in [6.07, 6.45) is 0.942. The van der Waals surface area contributed by atoms with E-state index in [-0.39, 0.29) is 30.7 Å². The second kappa shape index (κ2) is 11.3. The molecule has 26 heavy (non-hydrogen) atoms. The van der Waals surface area contributed by atoms with Crippen LogP contribution in [-0.4, -0.2) is 28.6 Å². The topological polar surface area (TPSA) is 49.5 Å². The van der Waals surface area contributed by atoms with Gasteiger partial charge in [-0.05, 0) is 64.4 Å². The van der Waals surface area contributed by atoms with E-state index in [0.29, 0.717) is 23.5 Å². The molecular formula is C21H32Cl2N2O. The molecular weight excluding hydrogens is 367 g/mol.